The third-order valence-electron chi connectivity index (χ3n) is 7.38. The first-order valence-electron chi connectivity index (χ1n) is 15.9. The van der Waals surface area contributed by atoms with Crippen LogP contribution >= 0.6 is 0 Å². The molecular formula is C36H44N4O4. The van der Waals surface area contributed by atoms with Crippen LogP contribution < -0.4 is 0 Å². The number of unbranched alkanes of at least 4 members (excludes halogenated alkanes) is 10. The number of esters is 1. The molecule has 0 radical (unpaired) electrons. The van der Waals surface area contributed by atoms with E-state index in [0.29, 0.717) is 6.42 Å². The fourth-order valence-corrected chi connectivity index (χ4v) is 5.09. The number of carboxylic acids is 1. The van der Waals surface area contributed by atoms with Crippen molar-refractivity contribution in [3.63, 3.8) is 0 Å². The lowest BCUT2D eigenvalue weighted by Gasteiger charge is -2.03. The molecule has 0 fully saturated rings. The van der Waals surface area contributed by atoms with Crippen LogP contribution in [0.25, 0.3) is 46.4 Å². The van der Waals surface area contributed by atoms with Crippen molar-refractivity contribution in [2.45, 2.75) is 84.0 Å². The smallest absolute Gasteiger partial charge is 0.341 e. The fraction of sp³-hybridized carbons (Fsp3) is 0.389. The predicted octanol–water partition coefficient (Wildman–Crippen LogP) is 8.97. The van der Waals surface area contributed by atoms with Gasteiger partial charge in [-0.05, 0) is 79.3 Å². The molecule has 0 spiro atoms. The van der Waals surface area contributed by atoms with E-state index in [1.165, 1.54) is 51.4 Å². The monoisotopic (exact) mass is 596 g/mol. The molecule has 2 aliphatic rings. The second-order valence-electron chi connectivity index (χ2n) is 11.2. The molecular weight excluding hydrogens is 552 g/mol. The van der Waals surface area contributed by atoms with Crippen molar-refractivity contribution in [3.8, 4) is 0 Å². The van der Waals surface area contributed by atoms with Crippen LogP contribution in [0.2, 0.25) is 0 Å². The number of carbonyl (C=O) groups is 2. The highest BCUT2D eigenvalue weighted by Gasteiger charge is 2.05. The van der Waals surface area contributed by atoms with Crippen molar-refractivity contribution >= 4 is 58.3 Å². The summed E-state index contributed by atoms with van der Waals surface area (Å²) in [6.45, 7) is 1.72. The first-order chi connectivity index (χ1) is 21.5. The van der Waals surface area contributed by atoms with Gasteiger partial charge in [0, 0.05) is 28.5 Å². The summed E-state index contributed by atoms with van der Waals surface area (Å²) in [6, 6.07) is 16.4. The maximum absolute atomic E-state index is 11.1. The van der Waals surface area contributed by atoms with Crippen LogP contribution in [0, 0.1) is 0 Å². The highest BCUT2D eigenvalue weighted by molar-refractivity contribution is 5.77. The fourth-order valence-electron chi connectivity index (χ4n) is 5.09. The van der Waals surface area contributed by atoms with E-state index in [4.69, 9.17) is 5.11 Å². The number of H-pyrrole nitrogens is 2. The zero-order chi connectivity index (χ0) is 31.0. The first-order valence-corrected chi connectivity index (χ1v) is 15.9. The topological polar surface area (TPSA) is 121 Å². The van der Waals surface area contributed by atoms with E-state index < -0.39 is 18.5 Å². The van der Waals surface area contributed by atoms with Crippen molar-refractivity contribution in [2.24, 2.45) is 0 Å². The summed E-state index contributed by atoms with van der Waals surface area (Å²) < 4.78 is 4.56. The highest BCUT2D eigenvalue weighted by Crippen LogP contribution is 2.17. The van der Waals surface area contributed by atoms with Gasteiger partial charge in [0.25, 0.3) is 0 Å². The van der Waals surface area contributed by atoms with Crippen molar-refractivity contribution in [2.75, 3.05) is 6.61 Å². The van der Waals surface area contributed by atoms with E-state index in [9.17, 15) is 9.59 Å². The molecule has 8 nitrogen and oxygen atoms in total. The van der Waals surface area contributed by atoms with Crippen LogP contribution in [0.15, 0.2) is 48.5 Å². The van der Waals surface area contributed by atoms with E-state index in [1.807, 2.05) is 42.5 Å². The number of aromatic nitrogens is 4. The largest absolute Gasteiger partial charge is 0.479 e. The SMILES string of the molecule is C1=Cc2cc3ccc(cc4ccc(cc5nc(cc1n2)C=C5)[nH]4)[nH]3.CCCCCCCCCCCCCC(=O)OCC(=O)O. The Kier molecular flexibility index (Phi) is 13.0. The van der Waals surface area contributed by atoms with Crippen molar-refractivity contribution in [1.82, 2.24) is 19.9 Å². The average Bonchev–Trinajstić information content (AvgIpc) is 3.82. The molecule has 8 bridgehead atoms. The standard InChI is InChI=1S/C20H14N4.C16H30O4/c1-2-14-10-16-5-6-18(23-16)12-20-8-7-19(24-20)11-17-4-3-15(22-17)9-13(1)21-14;1-2-3-4-5-6-7-8-9-10-11-12-13-16(19)20-14-15(17)18/h1-12,21-22H;2-14H2,1H3,(H,17,18). The van der Waals surface area contributed by atoms with Crippen LogP contribution in [0.4, 0.5) is 0 Å². The van der Waals surface area contributed by atoms with Crippen LogP contribution in [0.1, 0.15) is 107 Å². The van der Waals surface area contributed by atoms with Gasteiger partial charge in [0.05, 0.1) is 22.8 Å². The van der Waals surface area contributed by atoms with Gasteiger partial charge in [0.15, 0.2) is 6.61 Å². The van der Waals surface area contributed by atoms with Crippen molar-refractivity contribution < 1.29 is 19.4 Å². The van der Waals surface area contributed by atoms with Gasteiger partial charge < -0.3 is 19.8 Å². The molecule has 0 unspecified atom stereocenters. The number of carboxylic acid groups (broad SMARTS) is 1. The molecule has 3 aromatic rings. The second kappa shape index (κ2) is 17.6. The number of nitrogens with one attached hydrogen (secondary N) is 2. The highest BCUT2D eigenvalue weighted by atomic mass is 16.5. The first kappa shape index (κ1) is 32.5. The quantitative estimate of drug-likeness (QED) is 0.0869. The van der Waals surface area contributed by atoms with E-state index >= 15 is 0 Å². The summed E-state index contributed by atoms with van der Waals surface area (Å²) in [4.78, 5) is 37.3. The Morgan fingerprint density at radius 3 is 1.48 bits per heavy atom. The van der Waals surface area contributed by atoms with Crippen LogP contribution in [0.5, 0.6) is 0 Å². The van der Waals surface area contributed by atoms with Crippen molar-refractivity contribution in [1.29, 1.82) is 0 Å². The Hall–Kier alpha value is -4.46. The number of nitrogens with zero attached hydrogens (tertiary/aromatic N) is 2. The van der Waals surface area contributed by atoms with E-state index in [1.54, 1.807) is 0 Å². The zero-order valence-electron chi connectivity index (χ0n) is 25.7. The van der Waals surface area contributed by atoms with E-state index in [2.05, 4.69) is 61.9 Å². The average molecular weight is 597 g/mol. The van der Waals surface area contributed by atoms with Gasteiger partial charge in [0.2, 0.25) is 0 Å². The number of fused-ring (bicyclic) bond motifs is 8. The summed E-state index contributed by atoms with van der Waals surface area (Å²) >= 11 is 0. The molecule has 2 aliphatic heterocycles. The number of aliphatic carboxylic acids is 1. The van der Waals surface area contributed by atoms with Crippen LogP contribution in [0.3, 0.4) is 0 Å². The molecule has 0 aromatic carbocycles. The van der Waals surface area contributed by atoms with Gasteiger partial charge in [-0.25, -0.2) is 14.8 Å². The number of rotatable bonds is 14. The summed E-state index contributed by atoms with van der Waals surface area (Å²) in [6.07, 6.45) is 22.0. The molecule has 44 heavy (non-hydrogen) atoms. The third kappa shape index (κ3) is 11.7. The molecule has 5 heterocycles. The van der Waals surface area contributed by atoms with Gasteiger partial charge in [0.1, 0.15) is 0 Å². The lowest BCUT2D eigenvalue weighted by atomic mass is 10.1. The number of ether oxygens (including phenoxy) is 1. The van der Waals surface area contributed by atoms with Gasteiger partial charge in [-0.3, -0.25) is 4.79 Å². The molecule has 0 atom stereocenters. The minimum Gasteiger partial charge on any atom is -0.479 e. The Morgan fingerprint density at radius 1 is 0.614 bits per heavy atom. The molecule has 3 aromatic heterocycles. The summed E-state index contributed by atoms with van der Waals surface area (Å²) in [5, 5.41) is 8.35. The normalized spacial score (nSPS) is 11.7. The minimum absolute atomic E-state index is 0.338. The zero-order valence-corrected chi connectivity index (χ0v) is 25.7. The molecule has 5 rings (SSSR count). The van der Waals surface area contributed by atoms with E-state index in [0.717, 1.165) is 64.1 Å². The second-order valence-corrected chi connectivity index (χ2v) is 11.2. The minimum atomic E-state index is -1.10. The Labute approximate surface area is 259 Å². The maximum Gasteiger partial charge on any atom is 0.341 e. The lowest BCUT2D eigenvalue weighted by molar-refractivity contribution is -0.155. The van der Waals surface area contributed by atoms with Crippen LogP contribution in [-0.4, -0.2) is 43.6 Å². The van der Waals surface area contributed by atoms with Crippen molar-refractivity contribution in [3.05, 3.63) is 71.3 Å². The van der Waals surface area contributed by atoms with Gasteiger partial charge >= 0.3 is 11.9 Å². The van der Waals surface area contributed by atoms with Gasteiger partial charge in [-0.15, -0.1) is 0 Å². The molecule has 8 heteroatoms. The Morgan fingerprint density at radius 2 is 1.02 bits per heavy atom. The van der Waals surface area contributed by atoms with Gasteiger partial charge in [-0.2, -0.15) is 0 Å². The molecule has 3 N–H and O–H groups in total. The van der Waals surface area contributed by atoms with E-state index in [-0.39, 0.29) is 0 Å². The Balaban J connectivity index is 0.000000206. The Bertz CT molecular complexity index is 1510. The van der Waals surface area contributed by atoms with Gasteiger partial charge in [-0.1, -0.05) is 71.1 Å². The number of hydrogen-bond donors (Lipinski definition) is 3. The molecule has 232 valence electrons. The summed E-state index contributed by atoms with van der Waals surface area (Å²) in [5.41, 5.74) is 7.86. The summed E-state index contributed by atoms with van der Waals surface area (Å²) in [5.74, 6) is -1.50. The summed E-state index contributed by atoms with van der Waals surface area (Å²) in [7, 11) is 0. The molecule has 0 saturated heterocycles. The predicted molar refractivity (Wildman–Crippen MR) is 179 cm³/mol. The molecule has 0 aliphatic carbocycles. The maximum atomic E-state index is 11.1. The number of aromatic amines is 2. The number of hydrogen-bond acceptors (Lipinski definition) is 5. The lowest BCUT2D eigenvalue weighted by Crippen LogP contribution is -2.12. The molecule has 0 amide bonds. The third-order valence-corrected chi connectivity index (χ3v) is 7.38. The number of carbonyl (C=O) groups excluding carboxylic acids is 1. The van der Waals surface area contributed by atoms with Crippen LogP contribution in [-0.2, 0) is 14.3 Å². The molecule has 0 saturated carbocycles.